The van der Waals surface area contributed by atoms with Crippen molar-refractivity contribution in [3.63, 3.8) is 0 Å². The third kappa shape index (κ3) is 5.13. The van der Waals surface area contributed by atoms with E-state index in [-0.39, 0.29) is 28.0 Å². The Hall–Kier alpha value is -4.00. The number of pyridine rings is 1. The predicted octanol–water partition coefficient (Wildman–Crippen LogP) is 5.36. The predicted molar refractivity (Wildman–Crippen MR) is 149 cm³/mol. The SMILES string of the molecule is CC(=O)N1CCC2(CC1)c1cc(NC(=O)c3cncc(C(F)(F)F)c3)ccc1N(S(=O)(=O)c1ccc(F)cc1)C2C1CC1. The summed E-state index contributed by atoms with van der Waals surface area (Å²) in [6, 6.07) is 9.70. The fraction of sp³-hybridized carbons (Fsp3) is 0.367. The third-order valence-corrected chi connectivity index (χ3v) is 10.5. The molecule has 1 spiro atoms. The normalized spacial score (nSPS) is 19.8. The van der Waals surface area contributed by atoms with Crippen LogP contribution in [0.3, 0.4) is 0 Å². The van der Waals surface area contributed by atoms with Crippen molar-refractivity contribution >= 4 is 33.2 Å². The minimum Gasteiger partial charge on any atom is -0.343 e. The van der Waals surface area contributed by atoms with Gasteiger partial charge >= 0.3 is 6.18 Å². The quantitative estimate of drug-likeness (QED) is 0.390. The number of carbonyl (C=O) groups excluding carboxylic acids is 2. The molecule has 1 saturated heterocycles. The van der Waals surface area contributed by atoms with Gasteiger partial charge in [0.2, 0.25) is 5.91 Å². The number of nitrogens with zero attached hydrogens (tertiary/aromatic N) is 3. The van der Waals surface area contributed by atoms with Gasteiger partial charge in [0, 0.05) is 43.5 Å². The van der Waals surface area contributed by atoms with E-state index in [4.69, 9.17) is 0 Å². The van der Waals surface area contributed by atoms with Gasteiger partial charge in [0.15, 0.2) is 0 Å². The van der Waals surface area contributed by atoms with Crippen LogP contribution in [0.15, 0.2) is 65.8 Å². The molecule has 1 unspecified atom stereocenters. The number of benzene rings is 2. The number of carbonyl (C=O) groups is 2. The molecule has 3 aromatic rings. The van der Waals surface area contributed by atoms with Crippen LogP contribution in [0.25, 0.3) is 0 Å². The summed E-state index contributed by atoms with van der Waals surface area (Å²) >= 11 is 0. The summed E-state index contributed by atoms with van der Waals surface area (Å²) in [6.45, 7) is 2.31. The maximum atomic E-state index is 14.2. The average Bonchev–Trinajstić information content (AvgIpc) is 3.77. The number of rotatable bonds is 5. The highest BCUT2D eigenvalue weighted by atomic mass is 32.2. The molecule has 0 bridgehead atoms. The summed E-state index contributed by atoms with van der Waals surface area (Å²) in [5, 5.41) is 2.65. The van der Waals surface area contributed by atoms with Crippen molar-refractivity contribution in [3.8, 4) is 0 Å². The molecule has 0 radical (unpaired) electrons. The summed E-state index contributed by atoms with van der Waals surface area (Å²) in [5.74, 6) is -1.39. The number of likely N-dealkylation sites (tertiary alicyclic amines) is 1. The molecule has 1 saturated carbocycles. The van der Waals surface area contributed by atoms with Crippen LogP contribution in [0.2, 0.25) is 0 Å². The molecule has 2 amide bonds. The van der Waals surface area contributed by atoms with E-state index in [1.165, 1.54) is 29.4 Å². The Morgan fingerprint density at radius 3 is 2.28 bits per heavy atom. The van der Waals surface area contributed by atoms with E-state index in [1.54, 1.807) is 17.0 Å². The Labute approximate surface area is 245 Å². The molecule has 1 N–H and O–H groups in total. The van der Waals surface area contributed by atoms with E-state index in [2.05, 4.69) is 10.3 Å². The fourth-order valence-electron chi connectivity index (χ4n) is 6.50. The molecule has 2 aliphatic heterocycles. The molecule has 8 nitrogen and oxygen atoms in total. The summed E-state index contributed by atoms with van der Waals surface area (Å²) in [5.41, 5.74) is -0.636. The lowest BCUT2D eigenvalue weighted by Crippen LogP contribution is -2.54. The van der Waals surface area contributed by atoms with Gasteiger partial charge in [0.25, 0.3) is 15.9 Å². The molecule has 1 aliphatic carbocycles. The first-order valence-corrected chi connectivity index (χ1v) is 15.3. The van der Waals surface area contributed by atoms with Crippen molar-refractivity contribution < 1.29 is 35.6 Å². The van der Waals surface area contributed by atoms with Gasteiger partial charge in [-0.1, -0.05) is 0 Å². The molecule has 43 heavy (non-hydrogen) atoms. The molecule has 1 aromatic heterocycles. The van der Waals surface area contributed by atoms with E-state index in [9.17, 15) is 35.6 Å². The zero-order valence-corrected chi connectivity index (χ0v) is 23.9. The van der Waals surface area contributed by atoms with Crippen molar-refractivity contribution in [2.75, 3.05) is 22.7 Å². The molecular formula is C30H28F4N4O4S. The first-order chi connectivity index (χ1) is 20.3. The zero-order valence-electron chi connectivity index (χ0n) is 23.1. The van der Waals surface area contributed by atoms with Gasteiger partial charge in [-0.25, -0.2) is 12.8 Å². The van der Waals surface area contributed by atoms with E-state index >= 15 is 0 Å². The summed E-state index contributed by atoms with van der Waals surface area (Å²) in [6.07, 6.45) is -0.406. The molecule has 6 rings (SSSR count). The van der Waals surface area contributed by atoms with E-state index in [1.807, 2.05) is 0 Å². The van der Waals surface area contributed by atoms with Crippen LogP contribution < -0.4 is 9.62 Å². The lowest BCUT2D eigenvalue weighted by Gasteiger charge is -2.45. The second-order valence-electron chi connectivity index (χ2n) is 11.3. The van der Waals surface area contributed by atoms with Gasteiger partial charge in [-0.3, -0.25) is 18.9 Å². The van der Waals surface area contributed by atoms with Crippen LogP contribution in [0.5, 0.6) is 0 Å². The summed E-state index contributed by atoms with van der Waals surface area (Å²) < 4.78 is 83.1. The highest BCUT2D eigenvalue weighted by molar-refractivity contribution is 7.92. The van der Waals surface area contributed by atoms with Crippen molar-refractivity contribution in [3.05, 3.63) is 83.4 Å². The van der Waals surface area contributed by atoms with Crippen molar-refractivity contribution in [1.82, 2.24) is 9.88 Å². The van der Waals surface area contributed by atoms with Gasteiger partial charge in [0.05, 0.1) is 27.8 Å². The van der Waals surface area contributed by atoms with Crippen LogP contribution in [0, 0.1) is 11.7 Å². The average molecular weight is 617 g/mol. The molecule has 3 aliphatic rings. The Morgan fingerprint density at radius 2 is 1.67 bits per heavy atom. The number of halogens is 4. The third-order valence-electron chi connectivity index (χ3n) is 8.71. The van der Waals surface area contributed by atoms with Crippen molar-refractivity contribution in [1.29, 1.82) is 0 Å². The second kappa shape index (κ2) is 10.3. The Bertz CT molecular complexity index is 1700. The van der Waals surface area contributed by atoms with Gasteiger partial charge < -0.3 is 10.2 Å². The van der Waals surface area contributed by atoms with E-state index < -0.39 is 44.9 Å². The number of anilines is 2. The standard InChI is InChI=1S/C30H28F4N4O4S/c1-18(39)37-12-10-29(11-13-37)25-15-23(36-28(40)20-14-21(17-35-16-20)30(32,33)34)6-9-26(25)38(27(29)19-2-3-19)43(41,42)24-7-4-22(31)5-8-24/h4-9,14-17,19,27H,2-3,10-13H2,1H3,(H,36,40). The maximum absolute atomic E-state index is 14.2. The number of nitrogens with one attached hydrogen (secondary N) is 1. The monoisotopic (exact) mass is 616 g/mol. The highest BCUT2D eigenvalue weighted by Gasteiger charge is 2.60. The van der Waals surface area contributed by atoms with Gasteiger partial charge in [0.1, 0.15) is 5.82 Å². The van der Waals surface area contributed by atoms with Crippen LogP contribution in [0.1, 0.15) is 54.1 Å². The minimum absolute atomic E-state index is 0.0562. The van der Waals surface area contributed by atoms with Crippen LogP contribution in [-0.4, -0.2) is 49.2 Å². The minimum atomic E-state index is -4.67. The van der Waals surface area contributed by atoms with Gasteiger partial charge in [-0.15, -0.1) is 0 Å². The Kier molecular flexibility index (Phi) is 6.98. The first kappa shape index (κ1) is 29.1. The molecule has 2 fully saturated rings. The number of amides is 2. The van der Waals surface area contributed by atoms with Gasteiger partial charge in [-0.05, 0) is 85.7 Å². The molecule has 2 aromatic carbocycles. The molecule has 13 heteroatoms. The molecule has 3 heterocycles. The topological polar surface area (TPSA) is 99.7 Å². The Balaban J connectivity index is 1.43. The number of fused-ring (bicyclic) bond motifs is 2. The summed E-state index contributed by atoms with van der Waals surface area (Å²) in [7, 11) is -4.14. The lowest BCUT2D eigenvalue weighted by molar-refractivity contribution is -0.137. The van der Waals surface area contributed by atoms with Crippen LogP contribution in [-0.2, 0) is 26.4 Å². The zero-order chi connectivity index (χ0) is 30.7. The largest absolute Gasteiger partial charge is 0.417 e. The molecule has 1 atom stereocenters. The number of hydrogen-bond donors (Lipinski definition) is 1. The van der Waals surface area contributed by atoms with Crippen LogP contribution in [0.4, 0.5) is 28.9 Å². The maximum Gasteiger partial charge on any atom is 0.417 e. The highest BCUT2D eigenvalue weighted by Crippen LogP contribution is 2.59. The smallest absolute Gasteiger partial charge is 0.343 e. The molecular weight excluding hydrogens is 588 g/mol. The molecule has 226 valence electrons. The van der Waals surface area contributed by atoms with Gasteiger partial charge in [-0.2, -0.15) is 13.2 Å². The van der Waals surface area contributed by atoms with Crippen LogP contribution >= 0.6 is 0 Å². The van der Waals surface area contributed by atoms with Crippen molar-refractivity contribution in [2.45, 2.75) is 55.1 Å². The summed E-state index contributed by atoms with van der Waals surface area (Å²) in [4.78, 5) is 30.4. The number of piperidine rings is 1. The van der Waals surface area contributed by atoms with E-state index in [0.717, 1.165) is 37.2 Å². The van der Waals surface area contributed by atoms with Crippen molar-refractivity contribution in [2.24, 2.45) is 5.92 Å². The number of alkyl halides is 3. The van der Waals surface area contributed by atoms with E-state index in [0.29, 0.717) is 43.4 Å². The fourth-order valence-corrected chi connectivity index (χ4v) is 8.30. The number of hydrogen-bond acceptors (Lipinski definition) is 5. The number of aromatic nitrogens is 1. The first-order valence-electron chi connectivity index (χ1n) is 13.8. The Morgan fingerprint density at radius 1 is 1.00 bits per heavy atom. The second-order valence-corrected chi connectivity index (χ2v) is 13.2. The number of sulfonamides is 1. The lowest BCUT2D eigenvalue weighted by atomic mass is 9.68.